The fourth-order valence-electron chi connectivity index (χ4n) is 5.62. The van der Waals surface area contributed by atoms with E-state index in [0.29, 0.717) is 24.4 Å². The summed E-state index contributed by atoms with van der Waals surface area (Å²) in [5.74, 6) is -1.75. The number of thiazole rings is 1. The Morgan fingerprint density at radius 3 is 2.54 bits per heavy atom. The summed E-state index contributed by atoms with van der Waals surface area (Å²) in [6.07, 6.45) is 3.06. The largest absolute Gasteiger partial charge is 0.483 e. The van der Waals surface area contributed by atoms with Crippen LogP contribution in [0.15, 0.2) is 23.7 Å². The Kier molecular flexibility index (Phi) is 12.5. The Bertz CT molecular complexity index is 1460. The third-order valence-corrected chi connectivity index (χ3v) is 9.67. The third-order valence-electron chi connectivity index (χ3n) is 8.69. The molecule has 1 aromatic carbocycles. The van der Waals surface area contributed by atoms with E-state index in [1.807, 2.05) is 25.1 Å². The van der Waals surface area contributed by atoms with Crippen molar-refractivity contribution in [2.45, 2.75) is 103 Å². The SMILES string of the molecule is Cc1ncsc1-c1ccc(CNC(=O)[C@@H]2C[C@@H](O)CN2C(=O)C(NC(=O)C2(F)CC2)C(C)(C)C)c(OCC(=O)NCCCCCCN)c1. The fourth-order valence-corrected chi connectivity index (χ4v) is 6.42. The van der Waals surface area contributed by atoms with E-state index in [-0.39, 0.29) is 44.9 Å². The number of carbonyl (C=O) groups excluding carboxylic acids is 4. The number of carbonyl (C=O) groups is 4. The minimum absolute atomic E-state index is 0.00870. The van der Waals surface area contributed by atoms with Gasteiger partial charge >= 0.3 is 0 Å². The molecule has 1 saturated carbocycles. The molecule has 6 N–H and O–H groups in total. The number of likely N-dealkylation sites (tertiary alicyclic amines) is 1. The highest BCUT2D eigenvalue weighted by molar-refractivity contribution is 7.13. The molecule has 4 rings (SSSR count). The molecule has 0 radical (unpaired) electrons. The quantitative estimate of drug-likeness (QED) is 0.167. The van der Waals surface area contributed by atoms with Gasteiger partial charge in [-0.05, 0) is 56.2 Å². The Balaban J connectivity index is 1.44. The number of hydrogen-bond donors (Lipinski definition) is 5. The van der Waals surface area contributed by atoms with Crippen molar-refractivity contribution in [3.05, 3.63) is 35.0 Å². The zero-order chi connectivity index (χ0) is 35.1. The maximum atomic E-state index is 14.5. The number of aromatic nitrogens is 1. The van der Waals surface area contributed by atoms with Crippen LogP contribution >= 0.6 is 11.3 Å². The van der Waals surface area contributed by atoms with Gasteiger partial charge in [0.15, 0.2) is 12.3 Å². The number of nitrogens with zero attached hydrogens (tertiary/aromatic N) is 2. The van der Waals surface area contributed by atoms with Crippen molar-refractivity contribution in [3.63, 3.8) is 0 Å². The van der Waals surface area contributed by atoms with E-state index in [9.17, 15) is 28.7 Å². The lowest BCUT2D eigenvalue weighted by Gasteiger charge is -2.35. The topological polar surface area (TPSA) is 176 Å². The lowest BCUT2D eigenvalue weighted by atomic mass is 9.85. The van der Waals surface area contributed by atoms with E-state index in [4.69, 9.17) is 10.5 Å². The number of nitrogens with two attached hydrogens (primary N) is 1. The monoisotopic (exact) mass is 688 g/mol. The second-order valence-electron chi connectivity index (χ2n) is 13.8. The second kappa shape index (κ2) is 16.2. The smallest absolute Gasteiger partial charge is 0.258 e. The Labute approximate surface area is 285 Å². The number of nitrogens with one attached hydrogen (secondary N) is 3. The maximum Gasteiger partial charge on any atom is 0.258 e. The molecule has 2 aliphatic rings. The summed E-state index contributed by atoms with van der Waals surface area (Å²) in [6.45, 7) is 8.05. The minimum Gasteiger partial charge on any atom is -0.483 e. The lowest BCUT2D eigenvalue weighted by molar-refractivity contribution is -0.145. The first-order valence-electron chi connectivity index (χ1n) is 16.6. The van der Waals surface area contributed by atoms with Gasteiger partial charge in [-0.3, -0.25) is 19.2 Å². The number of unbranched alkanes of at least 4 members (excludes halogenated alkanes) is 3. The number of aryl methyl sites for hydroxylation is 1. The first kappa shape index (κ1) is 37.2. The summed E-state index contributed by atoms with van der Waals surface area (Å²) in [7, 11) is 0. The number of hydrogen-bond acceptors (Lipinski definition) is 9. The van der Waals surface area contributed by atoms with Crippen LogP contribution in [0.25, 0.3) is 10.4 Å². The van der Waals surface area contributed by atoms with Crippen LogP contribution in [0.5, 0.6) is 5.75 Å². The normalized spacial score (nSPS) is 19.0. The molecule has 48 heavy (non-hydrogen) atoms. The van der Waals surface area contributed by atoms with Gasteiger partial charge in [0.1, 0.15) is 17.8 Å². The molecule has 2 aromatic rings. The van der Waals surface area contributed by atoms with E-state index >= 15 is 0 Å². The first-order valence-corrected chi connectivity index (χ1v) is 17.5. The molecule has 2 fully saturated rings. The second-order valence-corrected chi connectivity index (χ2v) is 14.6. The van der Waals surface area contributed by atoms with Gasteiger partial charge in [-0.25, -0.2) is 9.37 Å². The van der Waals surface area contributed by atoms with E-state index < -0.39 is 47.0 Å². The summed E-state index contributed by atoms with van der Waals surface area (Å²) >= 11 is 1.48. The zero-order valence-corrected chi connectivity index (χ0v) is 29.1. The number of aliphatic hydroxyl groups is 1. The molecule has 4 amide bonds. The summed E-state index contributed by atoms with van der Waals surface area (Å²) in [6, 6.07) is 3.40. The van der Waals surface area contributed by atoms with Gasteiger partial charge in [0.2, 0.25) is 11.8 Å². The van der Waals surface area contributed by atoms with Crippen molar-refractivity contribution >= 4 is 35.0 Å². The van der Waals surface area contributed by atoms with E-state index in [0.717, 1.165) is 41.8 Å². The van der Waals surface area contributed by atoms with Crippen molar-refractivity contribution in [3.8, 4) is 16.2 Å². The predicted octanol–water partition coefficient (Wildman–Crippen LogP) is 2.74. The van der Waals surface area contributed by atoms with Gasteiger partial charge in [-0.1, -0.05) is 45.7 Å². The molecule has 264 valence electrons. The van der Waals surface area contributed by atoms with E-state index in [2.05, 4.69) is 20.9 Å². The van der Waals surface area contributed by atoms with E-state index in [1.165, 1.54) is 16.2 Å². The Morgan fingerprint density at radius 1 is 1.17 bits per heavy atom. The Morgan fingerprint density at radius 2 is 1.90 bits per heavy atom. The fraction of sp³-hybridized carbons (Fsp3) is 0.618. The molecule has 1 aromatic heterocycles. The van der Waals surface area contributed by atoms with Gasteiger partial charge < -0.3 is 36.4 Å². The number of benzene rings is 1. The molecule has 12 nitrogen and oxygen atoms in total. The molecule has 1 aliphatic carbocycles. The standard InChI is InChI=1S/C34H49FN6O6S/c1-21-28(48-20-39-21)22-9-10-23(26(15-22)47-19-27(43)37-14-8-6-5-7-13-36)17-38-30(44)25-16-24(42)18-41(25)31(45)29(33(2,3)4)40-32(46)34(35)11-12-34/h9-10,15,20,24-25,29,42H,5-8,11-14,16-19,36H2,1-4H3,(H,37,43)(H,38,44)(H,40,46)/t24-,25+,29?/m1/s1. The maximum absolute atomic E-state index is 14.5. The number of aliphatic hydroxyl groups excluding tert-OH is 1. The molecule has 1 saturated heterocycles. The van der Waals surface area contributed by atoms with Crippen LogP contribution in [0.1, 0.15) is 77.0 Å². The molecule has 0 bridgehead atoms. The summed E-state index contributed by atoms with van der Waals surface area (Å²) < 4.78 is 20.5. The average molecular weight is 689 g/mol. The molecule has 1 unspecified atom stereocenters. The summed E-state index contributed by atoms with van der Waals surface area (Å²) in [5, 5.41) is 18.8. The summed E-state index contributed by atoms with van der Waals surface area (Å²) in [5.41, 5.74) is 6.85. The number of halogens is 1. The van der Waals surface area contributed by atoms with Crippen LogP contribution in [-0.2, 0) is 25.7 Å². The van der Waals surface area contributed by atoms with Gasteiger partial charge in [0.05, 0.1) is 22.2 Å². The highest BCUT2D eigenvalue weighted by Gasteiger charge is 2.53. The number of ether oxygens (including phenoxy) is 1. The number of amides is 4. The molecule has 0 spiro atoms. The first-order chi connectivity index (χ1) is 22.7. The van der Waals surface area contributed by atoms with Crippen molar-refractivity contribution in [1.29, 1.82) is 0 Å². The Hall–Kier alpha value is -3.62. The predicted molar refractivity (Wildman–Crippen MR) is 181 cm³/mol. The minimum atomic E-state index is -1.97. The van der Waals surface area contributed by atoms with Crippen LogP contribution in [0.2, 0.25) is 0 Å². The van der Waals surface area contributed by atoms with E-state index in [1.54, 1.807) is 26.3 Å². The van der Waals surface area contributed by atoms with Crippen molar-refractivity contribution in [2.75, 3.05) is 26.2 Å². The van der Waals surface area contributed by atoms with Crippen molar-refractivity contribution in [2.24, 2.45) is 11.1 Å². The van der Waals surface area contributed by atoms with Crippen LogP contribution in [0, 0.1) is 12.3 Å². The highest BCUT2D eigenvalue weighted by atomic mass is 32.1. The molecule has 14 heteroatoms. The number of β-amino-alcohol motifs (C(OH)–C–C–N with tert-alkyl or cyclic N) is 1. The molecular formula is C34H49FN6O6S. The van der Waals surface area contributed by atoms with Crippen LogP contribution in [-0.4, -0.2) is 88.7 Å². The molecule has 3 atom stereocenters. The molecular weight excluding hydrogens is 639 g/mol. The third kappa shape index (κ3) is 9.73. The van der Waals surface area contributed by atoms with Crippen LogP contribution < -0.4 is 26.4 Å². The van der Waals surface area contributed by atoms with Crippen molar-refractivity contribution in [1.82, 2.24) is 25.8 Å². The average Bonchev–Trinajstić information content (AvgIpc) is 3.45. The number of rotatable bonds is 16. The van der Waals surface area contributed by atoms with Gasteiger partial charge in [-0.15, -0.1) is 11.3 Å². The zero-order valence-electron chi connectivity index (χ0n) is 28.3. The molecule has 2 heterocycles. The van der Waals surface area contributed by atoms with Crippen LogP contribution in [0.3, 0.4) is 0 Å². The van der Waals surface area contributed by atoms with Gasteiger partial charge in [0, 0.05) is 31.6 Å². The highest BCUT2D eigenvalue weighted by Crippen LogP contribution is 2.40. The molecule has 1 aliphatic heterocycles. The van der Waals surface area contributed by atoms with Gasteiger partial charge in [-0.2, -0.15) is 0 Å². The summed E-state index contributed by atoms with van der Waals surface area (Å²) in [4.78, 5) is 59.0. The lowest BCUT2D eigenvalue weighted by Crippen LogP contribution is -2.59. The van der Waals surface area contributed by atoms with Crippen molar-refractivity contribution < 1.29 is 33.4 Å². The van der Waals surface area contributed by atoms with Gasteiger partial charge in [0.25, 0.3) is 11.8 Å². The van der Waals surface area contributed by atoms with Crippen LogP contribution in [0.4, 0.5) is 4.39 Å². The number of alkyl halides is 1.